The maximum absolute atomic E-state index is 12.6. The number of aryl methyl sites for hydroxylation is 1. The molecular weight excluding hydrogens is 268 g/mol. The Bertz CT molecular complexity index is 690. The van der Waals surface area contributed by atoms with Crippen molar-refractivity contribution in [2.75, 3.05) is 0 Å². The lowest BCUT2D eigenvalue weighted by Crippen LogP contribution is -2.23. The van der Waals surface area contributed by atoms with Gasteiger partial charge < -0.3 is 0 Å². The van der Waals surface area contributed by atoms with E-state index in [9.17, 15) is 8.42 Å². The molecule has 0 aliphatic heterocycles. The number of hydrogen-bond donors (Lipinski definition) is 0. The lowest BCUT2D eigenvalue weighted by Gasteiger charge is -2.11. The van der Waals surface area contributed by atoms with Gasteiger partial charge in [0, 0.05) is 0 Å². The second kappa shape index (κ2) is 5.06. The minimum atomic E-state index is -3.09. The number of sulfone groups is 1. The maximum Gasteiger partial charge on any atom is 0.157 e. The highest BCUT2D eigenvalue weighted by Crippen LogP contribution is 2.28. The van der Waals surface area contributed by atoms with Gasteiger partial charge in [0.25, 0.3) is 0 Å². The van der Waals surface area contributed by atoms with Crippen molar-refractivity contribution >= 4 is 9.84 Å². The van der Waals surface area contributed by atoms with E-state index in [-0.39, 0.29) is 11.0 Å². The molecule has 0 radical (unpaired) electrons. The zero-order chi connectivity index (χ0) is 14.2. The van der Waals surface area contributed by atoms with Crippen molar-refractivity contribution in [1.29, 1.82) is 0 Å². The van der Waals surface area contributed by atoms with Crippen LogP contribution in [-0.2, 0) is 28.4 Å². The minimum absolute atomic E-state index is 0.145. The first-order valence-corrected chi connectivity index (χ1v) is 8.60. The highest BCUT2D eigenvalue weighted by molar-refractivity contribution is 7.91. The van der Waals surface area contributed by atoms with Crippen molar-refractivity contribution in [3.05, 3.63) is 70.8 Å². The summed E-state index contributed by atoms with van der Waals surface area (Å²) in [5.41, 5.74) is 4.40. The molecule has 2 aromatic rings. The molecule has 0 bridgehead atoms. The van der Waals surface area contributed by atoms with E-state index in [1.54, 1.807) is 0 Å². The molecule has 0 saturated heterocycles. The van der Waals surface area contributed by atoms with Crippen molar-refractivity contribution in [2.24, 2.45) is 0 Å². The predicted octanol–water partition coefficient (Wildman–Crippen LogP) is 3.08. The van der Waals surface area contributed by atoms with Crippen molar-refractivity contribution in [2.45, 2.75) is 30.8 Å². The van der Waals surface area contributed by atoms with Gasteiger partial charge >= 0.3 is 0 Å². The molecule has 2 aromatic carbocycles. The van der Waals surface area contributed by atoms with Gasteiger partial charge in [-0.1, -0.05) is 54.1 Å². The van der Waals surface area contributed by atoms with E-state index < -0.39 is 9.84 Å². The van der Waals surface area contributed by atoms with Crippen molar-refractivity contribution < 1.29 is 8.42 Å². The van der Waals surface area contributed by atoms with Gasteiger partial charge in [-0.3, -0.25) is 0 Å². The molecule has 2 nitrogen and oxygen atoms in total. The molecule has 3 rings (SSSR count). The summed E-state index contributed by atoms with van der Waals surface area (Å²) < 4.78 is 25.1. The smallest absolute Gasteiger partial charge is 0.157 e. The zero-order valence-corrected chi connectivity index (χ0v) is 12.4. The number of hydrogen-bond acceptors (Lipinski definition) is 2. The Hall–Kier alpha value is -1.61. The minimum Gasteiger partial charge on any atom is -0.228 e. The second-order valence-electron chi connectivity index (χ2n) is 5.59. The Morgan fingerprint density at radius 2 is 1.50 bits per heavy atom. The summed E-state index contributed by atoms with van der Waals surface area (Å²) in [5, 5.41) is -0.263. The van der Waals surface area contributed by atoms with Crippen LogP contribution < -0.4 is 0 Å². The first kappa shape index (κ1) is 13.4. The summed E-state index contributed by atoms with van der Waals surface area (Å²) in [7, 11) is -3.09. The maximum atomic E-state index is 12.6. The van der Waals surface area contributed by atoms with Gasteiger partial charge in [0.05, 0.1) is 11.0 Å². The molecule has 0 amide bonds. The average molecular weight is 286 g/mol. The lowest BCUT2D eigenvalue weighted by molar-refractivity contribution is 0.580. The van der Waals surface area contributed by atoms with E-state index in [0.717, 1.165) is 11.1 Å². The van der Waals surface area contributed by atoms with Crippen LogP contribution in [0.25, 0.3) is 0 Å². The third-order valence-electron chi connectivity index (χ3n) is 4.01. The van der Waals surface area contributed by atoms with Gasteiger partial charge in [-0.2, -0.15) is 0 Å². The SMILES string of the molecule is Cc1ccc(CS(=O)(=O)C2Cc3ccccc3C2)cc1. The van der Waals surface area contributed by atoms with Gasteiger partial charge in [0.2, 0.25) is 0 Å². The van der Waals surface area contributed by atoms with Gasteiger partial charge in [0.1, 0.15) is 0 Å². The first-order valence-electron chi connectivity index (χ1n) is 6.88. The van der Waals surface area contributed by atoms with Crippen LogP contribution in [0.2, 0.25) is 0 Å². The molecule has 0 spiro atoms. The van der Waals surface area contributed by atoms with Crippen LogP contribution in [0.1, 0.15) is 22.3 Å². The second-order valence-corrected chi connectivity index (χ2v) is 7.87. The number of fused-ring (bicyclic) bond motifs is 1. The topological polar surface area (TPSA) is 34.1 Å². The van der Waals surface area contributed by atoms with Gasteiger partial charge in [-0.25, -0.2) is 8.42 Å². The van der Waals surface area contributed by atoms with Crippen LogP contribution in [0.3, 0.4) is 0 Å². The molecule has 20 heavy (non-hydrogen) atoms. The van der Waals surface area contributed by atoms with Crippen LogP contribution >= 0.6 is 0 Å². The molecule has 1 aliphatic rings. The molecule has 0 aromatic heterocycles. The monoisotopic (exact) mass is 286 g/mol. The van der Waals surface area contributed by atoms with Crippen LogP contribution in [0.15, 0.2) is 48.5 Å². The largest absolute Gasteiger partial charge is 0.228 e. The Morgan fingerprint density at radius 3 is 2.05 bits per heavy atom. The third-order valence-corrected chi connectivity index (χ3v) is 6.09. The van der Waals surface area contributed by atoms with E-state index in [0.29, 0.717) is 12.8 Å². The summed E-state index contributed by atoms with van der Waals surface area (Å²) in [6, 6.07) is 15.8. The molecule has 0 unspecified atom stereocenters. The van der Waals surface area contributed by atoms with Crippen LogP contribution in [0, 0.1) is 6.92 Å². The third kappa shape index (κ3) is 2.63. The van der Waals surface area contributed by atoms with E-state index in [1.807, 2.05) is 55.5 Å². The normalized spacial score (nSPS) is 15.2. The summed E-state index contributed by atoms with van der Waals surface area (Å²) in [4.78, 5) is 0. The van der Waals surface area contributed by atoms with Gasteiger partial charge in [-0.05, 0) is 36.5 Å². The quantitative estimate of drug-likeness (QED) is 0.869. The summed E-state index contributed by atoms with van der Waals surface area (Å²) in [6.45, 7) is 2.01. The highest BCUT2D eigenvalue weighted by Gasteiger charge is 2.31. The van der Waals surface area contributed by atoms with E-state index in [4.69, 9.17) is 0 Å². The summed E-state index contributed by atoms with van der Waals surface area (Å²) in [5.74, 6) is 0.145. The molecule has 0 N–H and O–H groups in total. The van der Waals surface area contributed by atoms with E-state index in [1.165, 1.54) is 11.1 Å². The lowest BCUT2D eigenvalue weighted by atomic mass is 10.1. The Labute approximate surface area is 120 Å². The summed E-state index contributed by atoms with van der Waals surface area (Å²) >= 11 is 0. The van der Waals surface area contributed by atoms with Crippen molar-refractivity contribution in [3.63, 3.8) is 0 Å². The molecule has 1 aliphatic carbocycles. The fraction of sp³-hybridized carbons (Fsp3) is 0.294. The Balaban J connectivity index is 1.79. The molecule has 0 fully saturated rings. The predicted molar refractivity (Wildman–Crippen MR) is 81.4 cm³/mol. The van der Waals surface area contributed by atoms with Crippen molar-refractivity contribution in [1.82, 2.24) is 0 Å². The molecular formula is C17H18O2S. The summed E-state index contributed by atoms with van der Waals surface area (Å²) in [6.07, 6.45) is 1.31. The van der Waals surface area contributed by atoms with Crippen molar-refractivity contribution in [3.8, 4) is 0 Å². The van der Waals surface area contributed by atoms with Crippen LogP contribution in [0.4, 0.5) is 0 Å². The fourth-order valence-electron chi connectivity index (χ4n) is 2.81. The first-order chi connectivity index (χ1) is 9.54. The van der Waals surface area contributed by atoms with Crippen LogP contribution in [0.5, 0.6) is 0 Å². The van der Waals surface area contributed by atoms with E-state index >= 15 is 0 Å². The molecule has 0 saturated carbocycles. The van der Waals surface area contributed by atoms with Crippen LogP contribution in [-0.4, -0.2) is 13.7 Å². The highest BCUT2D eigenvalue weighted by atomic mass is 32.2. The molecule has 0 heterocycles. The molecule has 3 heteroatoms. The molecule has 104 valence electrons. The average Bonchev–Trinajstić information content (AvgIpc) is 2.86. The number of benzene rings is 2. The Kier molecular flexibility index (Phi) is 3.38. The Morgan fingerprint density at radius 1 is 0.950 bits per heavy atom. The van der Waals surface area contributed by atoms with Gasteiger partial charge in [0.15, 0.2) is 9.84 Å². The number of rotatable bonds is 3. The molecule has 0 atom stereocenters. The fourth-order valence-corrected chi connectivity index (χ4v) is 4.57. The zero-order valence-electron chi connectivity index (χ0n) is 11.5. The van der Waals surface area contributed by atoms with Gasteiger partial charge in [-0.15, -0.1) is 0 Å². The van der Waals surface area contributed by atoms with E-state index in [2.05, 4.69) is 0 Å². The standard InChI is InChI=1S/C17H18O2S/c1-13-6-8-14(9-7-13)12-20(18,19)17-10-15-4-2-3-5-16(15)11-17/h2-9,17H,10-12H2,1H3.